The van der Waals surface area contributed by atoms with E-state index in [1.54, 1.807) is 0 Å². The molecule has 0 radical (unpaired) electrons. The third-order valence-corrected chi connectivity index (χ3v) is 15.1. The Morgan fingerprint density at radius 2 is 0.684 bits per heavy atom. The monoisotopic (exact) mass is 1170 g/mol. The third-order valence-electron chi connectivity index (χ3n) is 13.2. The number of hydrogen-bond donors (Lipinski definition) is 3. The number of aliphatic hydroxyl groups excluding tert-OH is 1. The van der Waals surface area contributed by atoms with Crippen LogP contribution in [0.2, 0.25) is 0 Å². The van der Waals surface area contributed by atoms with Gasteiger partial charge in [-0.2, -0.15) is 0 Å². The minimum atomic E-state index is -4.95. The number of ether oxygens (including phenoxy) is 4. The summed E-state index contributed by atoms with van der Waals surface area (Å²) in [6, 6.07) is 0. The van der Waals surface area contributed by atoms with E-state index in [2.05, 4.69) is 58.9 Å². The van der Waals surface area contributed by atoms with Crippen molar-refractivity contribution in [3.63, 3.8) is 0 Å². The molecule has 0 saturated heterocycles. The number of unbranched alkanes of at least 4 members (excludes halogenated alkanes) is 27. The molecule has 19 heteroatoms. The average Bonchev–Trinajstić information content (AvgIpc) is 3.41. The molecule has 0 aliphatic rings. The van der Waals surface area contributed by atoms with Crippen molar-refractivity contribution in [2.75, 3.05) is 39.6 Å². The fraction of sp³-hybridized carbons (Fsp3) is 0.867. The van der Waals surface area contributed by atoms with Crippen LogP contribution in [0.5, 0.6) is 0 Å². The summed E-state index contributed by atoms with van der Waals surface area (Å²) >= 11 is 0. The molecule has 0 bridgehead atoms. The smallest absolute Gasteiger partial charge is 0.462 e. The maximum atomic E-state index is 12.9. The van der Waals surface area contributed by atoms with E-state index >= 15 is 0 Å². The lowest BCUT2D eigenvalue weighted by Gasteiger charge is -2.21. The van der Waals surface area contributed by atoms with Crippen molar-refractivity contribution in [3.8, 4) is 0 Å². The molecule has 0 aliphatic heterocycles. The predicted molar refractivity (Wildman–Crippen MR) is 312 cm³/mol. The highest BCUT2D eigenvalue weighted by Gasteiger charge is 2.30. The van der Waals surface area contributed by atoms with Crippen molar-refractivity contribution in [1.29, 1.82) is 0 Å². The first kappa shape index (κ1) is 76.5. The molecule has 2 unspecified atom stereocenters. The predicted octanol–water partition coefficient (Wildman–Crippen LogP) is 15.8. The molecule has 3 N–H and O–H groups in total. The molecule has 0 aliphatic carbocycles. The Balaban J connectivity index is 5.21. The van der Waals surface area contributed by atoms with Crippen LogP contribution in [-0.2, 0) is 65.4 Å². The Morgan fingerprint density at radius 3 is 1.04 bits per heavy atom. The highest BCUT2D eigenvalue weighted by molar-refractivity contribution is 7.47. The van der Waals surface area contributed by atoms with E-state index in [4.69, 9.17) is 37.0 Å². The lowest BCUT2D eigenvalue weighted by Crippen LogP contribution is -2.30. The van der Waals surface area contributed by atoms with Gasteiger partial charge < -0.3 is 33.8 Å². The van der Waals surface area contributed by atoms with E-state index in [-0.39, 0.29) is 25.7 Å². The largest absolute Gasteiger partial charge is 0.472 e. The number of rotatable bonds is 58. The fourth-order valence-corrected chi connectivity index (χ4v) is 9.91. The van der Waals surface area contributed by atoms with Crippen molar-refractivity contribution in [1.82, 2.24) is 0 Å². The van der Waals surface area contributed by atoms with Gasteiger partial charge in [-0.25, -0.2) is 9.13 Å². The van der Waals surface area contributed by atoms with Crippen molar-refractivity contribution in [2.45, 2.75) is 291 Å². The lowest BCUT2D eigenvalue weighted by atomic mass is 10.0. The topological polar surface area (TPSA) is 237 Å². The van der Waals surface area contributed by atoms with Crippen LogP contribution >= 0.6 is 15.6 Å². The Bertz CT molecular complexity index is 1640. The number of carbonyl (C=O) groups is 4. The first-order valence-corrected chi connectivity index (χ1v) is 33.9. The summed E-state index contributed by atoms with van der Waals surface area (Å²) in [5, 5.41) is 10.5. The number of aliphatic hydroxyl groups is 1. The van der Waals surface area contributed by atoms with Gasteiger partial charge in [-0.1, -0.05) is 219 Å². The SMILES string of the molecule is CCCCCC/C=C\C=C/CCCCCCCC(=O)O[C@H](COC(=O)CCCCCCCCCCCC)COP(=O)(O)OC[C@@H](O)COP(=O)(O)OC[C@@H](COC(=O)CCCCCCC)OC(=O)CCCCCCCCC(C)C. The van der Waals surface area contributed by atoms with E-state index in [0.29, 0.717) is 31.6 Å². The second-order valence-corrected chi connectivity index (χ2v) is 24.4. The molecule has 0 fully saturated rings. The number of phosphoric acid groups is 2. The molecule has 0 aromatic heterocycles. The van der Waals surface area contributed by atoms with Crippen molar-refractivity contribution in [3.05, 3.63) is 24.3 Å². The van der Waals surface area contributed by atoms with Gasteiger partial charge >= 0.3 is 39.5 Å². The summed E-state index contributed by atoms with van der Waals surface area (Å²) in [5.41, 5.74) is 0. The van der Waals surface area contributed by atoms with Gasteiger partial charge in [0.05, 0.1) is 26.4 Å². The van der Waals surface area contributed by atoms with Crippen LogP contribution in [0.25, 0.3) is 0 Å². The zero-order chi connectivity index (χ0) is 58.5. The van der Waals surface area contributed by atoms with Gasteiger partial charge in [0.1, 0.15) is 19.3 Å². The molecule has 5 atom stereocenters. The van der Waals surface area contributed by atoms with Crippen LogP contribution in [0.3, 0.4) is 0 Å². The second-order valence-electron chi connectivity index (χ2n) is 21.5. The van der Waals surface area contributed by atoms with Crippen molar-refractivity contribution < 1.29 is 80.2 Å². The normalized spacial score (nSPS) is 14.5. The van der Waals surface area contributed by atoms with E-state index in [1.165, 1.54) is 77.0 Å². The van der Waals surface area contributed by atoms with Crippen LogP contribution in [0.1, 0.15) is 272 Å². The number of hydrogen-bond acceptors (Lipinski definition) is 15. The van der Waals surface area contributed by atoms with Crippen LogP contribution in [-0.4, -0.2) is 96.7 Å². The zero-order valence-electron chi connectivity index (χ0n) is 50.0. The van der Waals surface area contributed by atoms with E-state index in [9.17, 15) is 43.2 Å². The van der Waals surface area contributed by atoms with Gasteiger partial charge in [0.15, 0.2) is 12.2 Å². The van der Waals surface area contributed by atoms with Gasteiger partial charge in [-0.15, -0.1) is 0 Å². The fourth-order valence-electron chi connectivity index (χ4n) is 8.33. The Hall–Kier alpha value is -2.46. The molecule has 0 saturated carbocycles. The summed E-state index contributed by atoms with van der Waals surface area (Å²) in [6.07, 6.45) is 38.9. The maximum Gasteiger partial charge on any atom is 0.472 e. The van der Waals surface area contributed by atoms with Gasteiger partial charge in [0, 0.05) is 25.7 Å². The van der Waals surface area contributed by atoms with Crippen LogP contribution in [0, 0.1) is 5.92 Å². The first-order chi connectivity index (χ1) is 38.0. The first-order valence-electron chi connectivity index (χ1n) is 31.0. The summed E-state index contributed by atoms with van der Waals surface area (Å²) in [4.78, 5) is 71.7. The minimum absolute atomic E-state index is 0.0847. The second kappa shape index (κ2) is 53.5. The number of esters is 4. The molecule has 0 heterocycles. The summed E-state index contributed by atoms with van der Waals surface area (Å²) in [6.45, 7) is 6.90. The van der Waals surface area contributed by atoms with Crippen molar-refractivity contribution >= 4 is 39.5 Å². The zero-order valence-corrected chi connectivity index (χ0v) is 51.8. The lowest BCUT2D eigenvalue weighted by molar-refractivity contribution is -0.161. The summed E-state index contributed by atoms with van der Waals surface area (Å²) in [7, 11) is -9.88. The molecule has 0 rings (SSSR count). The molecule has 0 amide bonds. The highest BCUT2D eigenvalue weighted by atomic mass is 31.2. The van der Waals surface area contributed by atoms with Crippen molar-refractivity contribution in [2.24, 2.45) is 5.92 Å². The number of phosphoric ester groups is 2. The van der Waals surface area contributed by atoms with Gasteiger partial charge in [-0.05, 0) is 57.3 Å². The maximum absolute atomic E-state index is 12.9. The Labute approximate surface area is 478 Å². The number of carbonyl (C=O) groups excluding carboxylic acids is 4. The molecular weight excluding hydrogens is 1050 g/mol. The molecule has 0 spiro atoms. The van der Waals surface area contributed by atoms with Gasteiger partial charge in [-0.3, -0.25) is 37.3 Å². The van der Waals surface area contributed by atoms with Crippen LogP contribution in [0.4, 0.5) is 0 Å². The Morgan fingerprint density at radius 1 is 0.392 bits per heavy atom. The Kier molecular flexibility index (Phi) is 51.9. The standard InChI is InChI=1S/C60H112O17P2/c1-6-9-12-15-17-19-21-22-23-24-25-27-29-35-40-45-59(64)76-56(50-71-58(63)44-39-34-28-26-20-18-16-13-10-7-2)52-75-79(68,69)73-48-54(61)47-72-78(66,67)74-51-55(49-70-57(62)43-38-32-14-11-8-3)77-60(65)46-41-36-31-30-33-37-42-53(4)5/h19,21-23,53-56,61H,6-18,20,24-52H2,1-5H3,(H,66,67)(H,68,69)/b21-19-,23-22-/t54-,55+,56+/m0/s1. The molecule has 17 nitrogen and oxygen atoms in total. The molecule has 0 aromatic carbocycles. The minimum Gasteiger partial charge on any atom is -0.462 e. The average molecular weight is 1170 g/mol. The number of allylic oxidation sites excluding steroid dienone is 4. The summed E-state index contributed by atoms with van der Waals surface area (Å²) < 4.78 is 67.5. The third kappa shape index (κ3) is 54.5. The molecule has 464 valence electrons. The van der Waals surface area contributed by atoms with Crippen LogP contribution in [0.15, 0.2) is 24.3 Å². The molecule has 0 aromatic rings. The summed E-state index contributed by atoms with van der Waals surface area (Å²) in [5.74, 6) is -1.52. The van der Waals surface area contributed by atoms with E-state index in [0.717, 1.165) is 109 Å². The quantitative estimate of drug-likeness (QED) is 0.0169. The molecular formula is C60H112O17P2. The van der Waals surface area contributed by atoms with Gasteiger partial charge in [0.2, 0.25) is 0 Å². The van der Waals surface area contributed by atoms with E-state index in [1.807, 2.05) is 0 Å². The van der Waals surface area contributed by atoms with Gasteiger partial charge in [0.25, 0.3) is 0 Å². The molecule has 79 heavy (non-hydrogen) atoms. The highest BCUT2D eigenvalue weighted by Crippen LogP contribution is 2.45. The van der Waals surface area contributed by atoms with E-state index < -0.39 is 97.5 Å². The van der Waals surface area contributed by atoms with Crippen LogP contribution < -0.4 is 0 Å².